The Morgan fingerprint density at radius 1 is 1.00 bits per heavy atom. The highest BCUT2D eigenvalue weighted by molar-refractivity contribution is 6.32. The molecular weight excluding hydrogens is 258 g/mol. The van der Waals surface area contributed by atoms with Gasteiger partial charge in [0, 0.05) is 10.9 Å². The fraction of sp³-hybridized carbons (Fsp3) is 0.0625. The van der Waals surface area contributed by atoms with Crippen molar-refractivity contribution in [2.45, 2.75) is 0 Å². The van der Waals surface area contributed by atoms with Crippen LogP contribution in [0.2, 0.25) is 5.15 Å². The van der Waals surface area contributed by atoms with Gasteiger partial charge in [0.1, 0.15) is 10.9 Å². The highest BCUT2D eigenvalue weighted by Crippen LogP contribution is 2.31. The molecule has 0 aliphatic rings. The number of fused-ring (bicyclic) bond motifs is 1. The summed E-state index contributed by atoms with van der Waals surface area (Å²) in [4.78, 5) is 4.44. The molecule has 19 heavy (non-hydrogen) atoms. The molecule has 1 heterocycles. The molecule has 3 aromatic rings. The summed E-state index contributed by atoms with van der Waals surface area (Å²) in [5.74, 6) is 0.815. The Morgan fingerprint density at radius 3 is 2.53 bits per heavy atom. The number of pyridine rings is 1. The summed E-state index contributed by atoms with van der Waals surface area (Å²) in [6.45, 7) is 0. The number of aromatic nitrogens is 1. The summed E-state index contributed by atoms with van der Waals surface area (Å²) >= 11 is 6.27. The van der Waals surface area contributed by atoms with Crippen LogP contribution in [0.3, 0.4) is 0 Å². The average molecular weight is 270 g/mol. The van der Waals surface area contributed by atoms with Gasteiger partial charge < -0.3 is 4.74 Å². The summed E-state index contributed by atoms with van der Waals surface area (Å²) < 4.78 is 5.24. The van der Waals surface area contributed by atoms with Crippen molar-refractivity contribution in [3.63, 3.8) is 0 Å². The molecule has 94 valence electrons. The van der Waals surface area contributed by atoms with Crippen LogP contribution in [0, 0.1) is 0 Å². The van der Waals surface area contributed by atoms with E-state index in [2.05, 4.69) is 4.98 Å². The van der Waals surface area contributed by atoms with Gasteiger partial charge in [-0.2, -0.15) is 0 Å². The summed E-state index contributed by atoms with van der Waals surface area (Å²) in [6.07, 6.45) is 0. The fourth-order valence-corrected chi connectivity index (χ4v) is 2.33. The maximum Gasteiger partial charge on any atom is 0.137 e. The number of ether oxygens (including phenoxy) is 1. The third-order valence-corrected chi connectivity index (χ3v) is 3.35. The maximum atomic E-state index is 6.27. The molecule has 3 heteroatoms. The van der Waals surface area contributed by atoms with Crippen molar-refractivity contribution < 1.29 is 4.74 Å². The van der Waals surface area contributed by atoms with E-state index in [-0.39, 0.29) is 0 Å². The number of rotatable bonds is 2. The minimum atomic E-state index is 0.517. The molecule has 0 aliphatic heterocycles. The van der Waals surface area contributed by atoms with E-state index in [1.54, 1.807) is 7.11 Å². The Kier molecular flexibility index (Phi) is 3.10. The van der Waals surface area contributed by atoms with E-state index in [1.165, 1.54) is 0 Å². The van der Waals surface area contributed by atoms with Crippen LogP contribution in [0.1, 0.15) is 0 Å². The number of halogens is 1. The monoisotopic (exact) mass is 269 g/mol. The van der Waals surface area contributed by atoms with E-state index in [9.17, 15) is 0 Å². The normalized spacial score (nSPS) is 10.6. The van der Waals surface area contributed by atoms with Crippen LogP contribution >= 0.6 is 11.6 Å². The fourth-order valence-electron chi connectivity index (χ4n) is 2.08. The van der Waals surface area contributed by atoms with Crippen LogP contribution in [0.5, 0.6) is 5.75 Å². The molecule has 0 fully saturated rings. The molecule has 0 atom stereocenters. The molecule has 0 unspecified atom stereocenters. The zero-order valence-corrected chi connectivity index (χ0v) is 11.2. The minimum absolute atomic E-state index is 0.517. The highest BCUT2D eigenvalue weighted by atomic mass is 35.5. The first-order valence-electron chi connectivity index (χ1n) is 5.97. The van der Waals surface area contributed by atoms with Gasteiger partial charge in [-0.1, -0.05) is 41.9 Å². The molecule has 0 N–H and O–H groups in total. The summed E-state index contributed by atoms with van der Waals surface area (Å²) in [5.41, 5.74) is 2.86. The third kappa shape index (κ3) is 2.27. The topological polar surface area (TPSA) is 22.1 Å². The number of nitrogens with zero attached hydrogens (tertiary/aromatic N) is 1. The van der Waals surface area contributed by atoms with E-state index in [0.717, 1.165) is 27.8 Å². The van der Waals surface area contributed by atoms with Crippen LogP contribution in [-0.2, 0) is 0 Å². The lowest BCUT2D eigenvalue weighted by molar-refractivity contribution is 0.415. The van der Waals surface area contributed by atoms with Crippen molar-refractivity contribution in [3.8, 4) is 16.9 Å². The quantitative estimate of drug-likeness (QED) is 0.636. The van der Waals surface area contributed by atoms with Crippen molar-refractivity contribution >= 4 is 22.5 Å². The standard InChI is InChI=1S/C16H12ClNO/c1-19-13-7-8-15-12(9-13)10-14(16(17)18-15)11-5-3-2-4-6-11/h2-10H,1H3. The van der Waals surface area contributed by atoms with E-state index in [1.807, 2.05) is 54.6 Å². The van der Waals surface area contributed by atoms with Crippen molar-refractivity contribution in [1.82, 2.24) is 4.98 Å². The molecule has 0 radical (unpaired) electrons. The first-order valence-corrected chi connectivity index (χ1v) is 6.35. The summed E-state index contributed by atoms with van der Waals surface area (Å²) in [6, 6.07) is 17.8. The molecular formula is C16H12ClNO. The largest absolute Gasteiger partial charge is 0.497 e. The lowest BCUT2D eigenvalue weighted by Crippen LogP contribution is -1.88. The SMILES string of the molecule is COc1ccc2nc(Cl)c(-c3ccccc3)cc2c1. The van der Waals surface area contributed by atoms with Gasteiger partial charge in [0.15, 0.2) is 0 Å². The van der Waals surface area contributed by atoms with Crippen molar-refractivity contribution in [1.29, 1.82) is 0 Å². The lowest BCUT2D eigenvalue weighted by Gasteiger charge is -2.07. The van der Waals surface area contributed by atoms with Gasteiger partial charge in [0.2, 0.25) is 0 Å². The van der Waals surface area contributed by atoms with Crippen LogP contribution in [0.25, 0.3) is 22.0 Å². The van der Waals surface area contributed by atoms with E-state index in [0.29, 0.717) is 5.15 Å². The molecule has 0 spiro atoms. The Bertz CT molecular complexity index is 725. The predicted octanol–water partition coefficient (Wildman–Crippen LogP) is 4.56. The molecule has 2 nitrogen and oxygen atoms in total. The second kappa shape index (κ2) is 4.90. The van der Waals surface area contributed by atoms with Crippen molar-refractivity contribution in [3.05, 3.63) is 59.8 Å². The molecule has 0 saturated carbocycles. The zero-order valence-electron chi connectivity index (χ0n) is 10.4. The summed E-state index contributed by atoms with van der Waals surface area (Å²) in [5, 5.41) is 1.53. The zero-order chi connectivity index (χ0) is 13.2. The van der Waals surface area contributed by atoms with Crippen LogP contribution < -0.4 is 4.74 Å². The Hall–Kier alpha value is -2.06. The predicted molar refractivity (Wildman–Crippen MR) is 78.7 cm³/mol. The van der Waals surface area contributed by atoms with Gasteiger partial charge in [-0.25, -0.2) is 4.98 Å². The molecule has 1 aromatic heterocycles. The average Bonchev–Trinajstić information content (AvgIpc) is 2.47. The van der Waals surface area contributed by atoms with Gasteiger partial charge in [-0.15, -0.1) is 0 Å². The van der Waals surface area contributed by atoms with Crippen molar-refractivity contribution in [2.24, 2.45) is 0 Å². The van der Waals surface area contributed by atoms with E-state index >= 15 is 0 Å². The molecule has 0 amide bonds. The van der Waals surface area contributed by atoms with Crippen molar-refractivity contribution in [2.75, 3.05) is 7.11 Å². The minimum Gasteiger partial charge on any atom is -0.497 e. The third-order valence-electron chi connectivity index (χ3n) is 3.06. The van der Waals surface area contributed by atoms with Crippen LogP contribution in [-0.4, -0.2) is 12.1 Å². The van der Waals surface area contributed by atoms with Gasteiger partial charge in [-0.05, 0) is 29.8 Å². The number of methoxy groups -OCH3 is 1. The van der Waals surface area contributed by atoms with Gasteiger partial charge in [0.25, 0.3) is 0 Å². The molecule has 0 bridgehead atoms. The van der Waals surface area contributed by atoms with Crippen LogP contribution in [0.4, 0.5) is 0 Å². The van der Waals surface area contributed by atoms with Gasteiger partial charge >= 0.3 is 0 Å². The maximum absolute atomic E-state index is 6.27. The first kappa shape index (κ1) is 12.0. The smallest absolute Gasteiger partial charge is 0.137 e. The second-order valence-electron chi connectivity index (χ2n) is 4.25. The number of hydrogen-bond donors (Lipinski definition) is 0. The van der Waals surface area contributed by atoms with Crippen LogP contribution in [0.15, 0.2) is 54.6 Å². The Morgan fingerprint density at radius 2 is 1.79 bits per heavy atom. The highest BCUT2D eigenvalue weighted by Gasteiger charge is 2.07. The number of benzene rings is 2. The van der Waals surface area contributed by atoms with Gasteiger partial charge in [0.05, 0.1) is 12.6 Å². The lowest BCUT2D eigenvalue weighted by atomic mass is 10.1. The summed E-state index contributed by atoms with van der Waals surface area (Å²) in [7, 11) is 1.66. The number of hydrogen-bond acceptors (Lipinski definition) is 2. The molecule has 3 rings (SSSR count). The Labute approximate surface area is 116 Å². The molecule has 0 aliphatic carbocycles. The first-order chi connectivity index (χ1) is 9.28. The second-order valence-corrected chi connectivity index (χ2v) is 4.61. The van der Waals surface area contributed by atoms with Gasteiger partial charge in [-0.3, -0.25) is 0 Å². The Balaban J connectivity index is 2.23. The molecule has 0 saturated heterocycles. The van der Waals surface area contributed by atoms with E-state index < -0.39 is 0 Å². The van der Waals surface area contributed by atoms with E-state index in [4.69, 9.17) is 16.3 Å². The molecule has 2 aromatic carbocycles.